The van der Waals surface area contributed by atoms with E-state index in [4.69, 9.17) is 5.84 Å². The van der Waals surface area contributed by atoms with Crippen molar-refractivity contribution in [3.05, 3.63) is 35.4 Å². The summed E-state index contributed by atoms with van der Waals surface area (Å²) in [5.74, 6) is 5.70. The molecule has 17 heavy (non-hydrogen) atoms. The second-order valence-corrected chi connectivity index (χ2v) is 5.46. The molecule has 0 spiro atoms. The zero-order valence-corrected chi connectivity index (χ0v) is 11.6. The molecule has 1 aromatic carbocycles. The van der Waals surface area contributed by atoms with Gasteiger partial charge in [0.1, 0.15) is 0 Å². The molecule has 0 saturated heterocycles. The summed E-state index contributed by atoms with van der Waals surface area (Å²) in [6.07, 6.45) is 0.932. The number of benzene rings is 1. The number of hydrogen-bond donors (Lipinski definition) is 2. The van der Waals surface area contributed by atoms with Gasteiger partial charge < -0.3 is 4.90 Å². The zero-order valence-electron chi connectivity index (χ0n) is 11.6. The first kappa shape index (κ1) is 14.2. The van der Waals surface area contributed by atoms with Crippen LogP contribution in [0.3, 0.4) is 0 Å². The van der Waals surface area contributed by atoms with E-state index in [1.165, 1.54) is 11.1 Å². The lowest BCUT2D eigenvalue weighted by Gasteiger charge is -2.40. The van der Waals surface area contributed by atoms with E-state index < -0.39 is 0 Å². The summed E-state index contributed by atoms with van der Waals surface area (Å²) in [7, 11) is 4.17. The molecule has 96 valence electrons. The minimum absolute atomic E-state index is 0.0135. The van der Waals surface area contributed by atoms with Gasteiger partial charge in [-0.05, 0) is 46.9 Å². The number of likely N-dealkylation sites (N-methyl/N-ethyl adjacent to an activating group) is 1. The van der Waals surface area contributed by atoms with Gasteiger partial charge >= 0.3 is 0 Å². The standard InChI is InChI=1S/C14H25N3/c1-11-6-8-12(9-7-11)10-13(16-15)14(2,3)17(4)5/h6-9,13,16H,10,15H2,1-5H3. The number of hydrazine groups is 1. The van der Waals surface area contributed by atoms with Crippen molar-refractivity contribution in [2.75, 3.05) is 14.1 Å². The van der Waals surface area contributed by atoms with Gasteiger partial charge in [-0.1, -0.05) is 29.8 Å². The molecule has 1 aromatic rings. The highest BCUT2D eigenvalue weighted by molar-refractivity contribution is 5.22. The molecule has 1 rings (SSSR count). The Bertz CT molecular complexity index is 341. The molecular formula is C14H25N3. The summed E-state index contributed by atoms with van der Waals surface area (Å²) in [6.45, 7) is 6.50. The highest BCUT2D eigenvalue weighted by Gasteiger charge is 2.30. The molecule has 0 aliphatic rings. The average Bonchev–Trinajstić information content (AvgIpc) is 2.27. The third-order valence-electron chi connectivity index (χ3n) is 3.77. The maximum atomic E-state index is 5.70. The summed E-state index contributed by atoms with van der Waals surface area (Å²) < 4.78 is 0. The Kier molecular flexibility index (Phi) is 4.69. The van der Waals surface area contributed by atoms with E-state index in [9.17, 15) is 0 Å². The topological polar surface area (TPSA) is 41.3 Å². The predicted molar refractivity (Wildman–Crippen MR) is 73.8 cm³/mol. The van der Waals surface area contributed by atoms with E-state index >= 15 is 0 Å². The maximum Gasteiger partial charge on any atom is 0.0429 e. The Balaban J connectivity index is 2.80. The van der Waals surface area contributed by atoms with Crippen LogP contribution in [-0.2, 0) is 6.42 Å². The molecule has 0 aromatic heterocycles. The lowest BCUT2D eigenvalue weighted by Crippen LogP contribution is -2.58. The van der Waals surface area contributed by atoms with Gasteiger partial charge in [-0.3, -0.25) is 11.3 Å². The Morgan fingerprint density at radius 3 is 2.18 bits per heavy atom. The number of rotatable bonds is 5. The van der Waals surface area contributed by atoms with E-state index in [1.54, 1.807) is 0 Å². The van der Waals surface area contributed by atoms with Gasteiger partial charge in [0.15, 0.2) is 0 Å². The Labute approximate surface area is 105 Å². The largest absolute Gasteiger partial charge is 0.303 e. The van der Waals surface area contributed by atoms with Gasteiger partial charge in [-0.25, -0.2) is 0 Å². The summed E-state index contributed by atoms with van der Waals surface area (Å²) in [5.41, 5.74) is 5.56. The van der Waals surface area contributed by atoms with Crippen LogP contribution in [0.15, 0.2) is 24.3 Å². The highest BCUT2D eigenvalue weighted by atomic mass is 15.3. The minimum Gasteiger partial charge on any atom is -0.303 e. The van der Waals surface area contributed by atoms with Gasteiger partial charge in [0, 0.05) is 11.6 Å². The van der Waals surface area contributed by atoms with Crippen molar-refractivity contribution in [1.82, 2.24) is 10.3 Å². The van der Waals surface area contributed by atoms with Crippen LogP contribution in [0.4, 0.5) is 0 Å². The molecule has 0 amide bonds. The smallest absolute Gasteiger partial charge is 0.0429 e. The predicted octanol–water partition coefficient (Wildman–Crippen LogP) is 1.71. The third-order valence-corrected chi connectivity index (χ3v) is 3.77. The lowest BCUT2D eigenvalue weighted by molar-refractivity contribution is 0.137. The molecule has 0 fully saturated rings. The quantitative estimate of drug-likeness (QED) is 0.603. The van der Waals surface area contributed by atoms with E-state index in [1.807, 2.05) is 0 Å². The van der Waals surface area contributed by atoms with Crippen LogP contribution in [0.5, 0.6) is 0 Å². The Morgan fingerprint density at radius 1 is 1.24 bits per heavy atom. The van der Waals surface area contributed by atoms with Crippen LogP contribution in [0.25, 0.3) is 0 Å². The normalized spacial score (nSPS) is 14.1. The van der Waals surface area contributed by atoms with Crippen LogP contribution in [0.1, 0.15) is 25.0 Å². The van der Waals surface area contributed by atoms with Crippen molar-refractivity contribution in [1.29, 1.82) is 0 Å². The molecule has 0 aliphatic heterocycles. The minimum atomic E-state index is 0.0135. The molecule has 0 heterocycles. The summed E-state index contributed by atoms with van der Waals surface area (Å²) in [5, 5.41) is 0. The second-order valence-electron chi connectivity index (χ2n) is 5.46. The van der Waals surface area contributed by atoms with Crippen molar-refractivity contribution >= 4 is 0 Å². The Morgan fingerprint density at radius 2 is 1.76 bits per heavy atom. The van der Waals surface area contributed by atoms with Crippen molar-refractivity contribution in [2.24, 2.45) is 5.84 Å². The molecule has 0 aliphatic carbocycles. The highest BCUT2D eigenvalue weighted by Crippen LogP contribution is 2.19. The first-order valence-electron chi connectivity index (χ1n) is 6.07. The first-order chi connectivity index (χ1) is 7.87. The van der Waals surface area contributed by atoms with Crippen LogP contribution in [0.2, 0.25) is 0 Å². The van der Waals surface area contributed by atoms with Crippen molar-refractivity contribution < 1.29 is 0 Å². The van der Waals surface area contributed by atoms with Gasteiger partial charge in [0.25, 0.3) is 0 Å². The number of aryl methyl sites for hydroxylation is 1. The number of nitrogens with zero attached hydrogens (tertiary/aromatic N) is 1. The molecule has 0 bridgehead atoms. The van der Waals surface area contributed by atoms with Crippen molar-refractivity contribution in [2.45, 2.75) is 38.8 Å². The van der Waals surface area contributed by atoms with E-state index in [0.29, 0.717) is 0 Å². The zero-order chi connectivity index (χ0) is 13.1. The molecule has 1 atom stereocenters. The molecular weight excluding hydrogens is 210 g/mol. The fourth-order valence-electron chi connectivity index (χ4n) is 1.78. The van der Waals surface area contributed by atoms with Crippen molar-refractivity contribution in [3.63, 3.8) is 0 Å². The fraction of sp³-hybridized carbons (Fsp3) is 0.571. The third kappa shape index (κ3) is 3.53. The van der Waals surface area contributed by atoms with Crippen LogP contribution >= 0.6 is 0 Å². The van der Waals surface area contributed by atoms with Crippen molar-refractivity contribution in [3.8, 4) is 0 Å². The monoisotopic (exact) mass is 235 g/mol. The fourth-order valence-corrected chi connectivity index (χ4v) is 1.78. The molecule has 3 N–H and O–H groups in total. The van der Waals surface area contributed by atoms with Crippen LogP contribution in [0, 0.1) is 6.92 Å². The maximum absolute atomic E-state index is 5.70. The van der Waals surface area contributed by atoms with Gasteiger partial charge in [-0.15, -0.1) is 0 Å². The number of nitrogens with one attached hydrogen (secondary N) is 1. The van der Waals surface area contributed by atoms with E-state index in [0.717, 1.165) is 6.42 Å². The number of hydrogen-bond acceptors (Lipinski definition) is 3. The summed E-state index contributed by atoms with van der Waals surface area (Å²) in [4.78, 5) is 2.20. The first-order valence-corrected chi connectivity index (χ1v) is 6.07. The summed E-state index contributed by atoms with van der Waals surface area (Å²) in [6, 6.07) is 8.86. The molecule has 3 heteroatoms. The SMILES string of the molecule is Cc1ccc(CC(NN)C(C)(C)N(C)C)cc1. The van der Waals surface area contributed by atoms with Crippen LogP contribution < -0.4 is 11.3 Å². The van der Waals surface area contributed by atoms with E-state index in [-0.39, 0.29) is 11.6 Å². The van der Waals surface area contributed by atoms with Crippen LogP contribution in [-0.4, -0.2) is 30.6 Å². The van der Waals surface area contributed by atoms with E-state index in [2.05, 4.69) is 69.5 Å². The molecule has 0 radical (unpaired) electrons. The second kappa shape index (κ2) is 5.63. The molecule has 3 nitrogen and oxygen atoms in total. The molecule has 0 saturated carbocycles. The van der Waals surface area contributed by atoms with Gasteiger partial charge in [-0.2, -0.15) is 0 Å². The molecule has 1 unspecified atom stereocenters. The average molecular weight is 235 g/mol. The van der Waals surface area contributed by atoms with Gasteiger partial charge in [0.2, 0.25) is 0 Å². The summed E-state index contributed by atoms with van der Waals surface area (Å²) >= 11 is 0. The lowest BCUT2D eigenvalue weighted by atomic mass is 9.88. The Hall–Kier alpha value is -0.900. The van der Waals surface area contributed by atoms with Gasteiger partial charge in [0.05, 0.1) is 0 Å². The number of nitrogens with two attached hydrogens (primary N) is 1.